The average molecular weight is 277 g/mol. The van der Waals surface area contributed by atoms with Gasteiger partial charge in [-0.25, -0.2) is 0 Å². The largest absolute Gasteiger partial charge is 0.310 e. The molecule has 2 aromatic rings. The van der Waals surface area contributed by atoms with Crippen molar-refractivity contribution < 1.29 is 0 Å². The van der Waals surface area contributed by atoms with Crippen molar-refractivity contribution in [2.45, 2.75) is 4.90 Å². The molecular formula is C13H9ClN2OS. The second-order valence-electron chi connectivity index (χ2n) is 3.77. The molecule has 0 saturated heterocycles. The van der Waals surface area contributed by atoms with Crippen LogP contribution in [0.2, 0.25) is 5.02 Å². The molecule has 0 spiro atoms. The van der Waals surface area contributed by atoms with Crippen molar-refractivity contribution in [3.8, 4) is 17.3 Å². The Morgan fingerprint density at radius 1 is 1.33 bits per heavy atom. The number of benzene rings is 1. The second-order valence-corrected chi connectivity index (χ2v) is 4.69. The van der Waals surface area contributed by atoms with E-state index in [2.05, 4.69) is 12.6 Å². The van der Waals surface area contributed by atoms with E-state index in [4.69, 9.17) is 16.9 Å². The highest BCUT2D eigenvalue weighted by Crippen LogP contribution is 2.23. The van der Waals surface area contributed by atoms with E-state index >= 15 is 0 Å². The summed E-state index contributed by atoms with van der Waals surface area (Å²) in [5.74, 6) is 0. The summed E-state index contributed by atoms with van der Waals surface area (Å²) in [6.45, 7) is 0. The van der Waals surface area contributed by atoms with E-state index in [-0.39, 0.29) is 11.1 Å². The summed E-state index contributed by atoms with van der Waals surface area (Å²) in [6.07, 6.45) is 0. The van der Waals surface area contributed by atoms with Crippen LogP contribution < -0.4 is 5.56 Å². The van der Waals surface area contributed by atoms with Gasteiger partial charge in [-0.2, -0.15) is 5.26 Å². The summed E-state index contributed by atoms with van der Waals surface area (Å²) in [5.41, 5.74) is 1.24. The van der Waals surface area contributed by atoms with Crippen molar-refractivity contribution in [2.75, 3.05) is 0 Å². The Hall–Kier alpha value is -1.70. The molecule has 0 radical (unpaired) electrons. The van der Waals surface area contributed by atoms with Crippen LogP contribution in [0.5, 0.6) is 0 Å². The third-order valence-electron chi connectivity index (χ3n) is 2.66. The third-order valence-corrected chi connectivity index (χ3v) is 3.27. The fraction of sp³-hybridized carbons (Fsp3) is 0.0769. The zero-order chi connectivity index (χ0) is 13.3. The molecule has 3 nitrogen and oxygen atoms in total. The number of nitrogens with zero attached hydrogens (tertiary/aromatic N) is 2. The van der Waals surface area contributed by atoms with Gasteiger partial charge in [0.1, 0.15) is 11.6 Å². The zero-order valence-electron chi connectivity index (χ0n) is 9.51. The van der Waals surface area contributed by atoms with Crippen LogP contribution >= 0.6 is 24.2 Å². The minimum absolute atomic E-state index is 0.0542. The first kappa shape index (κ1) is 12.7. The second kappa shape index (κ2) is 4.89. The van der Waals surface area contributed by atoms with Crippen LogP contribution in [-0.2, 0) is 7.05 Å². The monoisotopic (exact) mass is 276 g/mol. The molecule has 0 N–H and O–H groups in total. The normalized spacial score (nSPS) is 10.1. The van der Waals surface area contributed by atoms with Crippen molar-refractivity contribution in [3.05, 3.63) is 51.3 Å². The summed E-state index contributed by atoms with van der Waals surface area (Å²) < 4.78 is 1.43. The first-order chi connectivity index (χ1) is 8.54. The highest BCUT2D eigenvalue weighted by atomic mass is 35.5. The van der Waals surface area contributed by atoms with Crippen molar-refractivity contribution >= 4 is 24.2 Å². The maximum Gasteiger partial charge on any atom is 0.269 e. The first-order valence-electron chi connectivity index (χ1n) is 5.13. The molecule has 90 valence electrons. The van der Waals surface area contributed by atoms with Gasteiger partial charge < -0.3 is 4.57 Å². The molecular weight excluding hydrogens is 268 g/mol. The molecule has 1 aromatic carbocycles. The molecule has 18 heavy (non-hydrogen) atoms. The summed E-state index contributed by atoms with van der Waals surface area (Å²) in [4.78, 5) is 12.3. The van der Waals surface area contributed by atoms with Gasteiger partial charge in [0.2, 0.25) is 0 Å². The van der Waals surface area contributed by atoms with Crippen LogP contribution in [0.3, 0.4) is 0 Å². The molecule has 0 amide bonds. The molecule has 0 unspecified atom stereocenters. The quantitative estimate of drug-likeness (QED) is 0.814. The predicted octanol–water partition coefficient (Wildman–Crippen LogP) is 2.87. The molecule has 2 rings (SSSR count). The highest BCUT2D eigenvalue weighted by Gasteiger charge is 2.11. The van der Waals surface area contributed by atoms with E-state index in [1.807, 2.05) is 18.2 Å². The van der Waals surface area contributed by atoms with Crippen LogP contribution in [0.1, 0.15) is 5.56 Å². The SMILES string of the molecule is Cn1c(-c2ccc(Cl)cc2)cc(S)c(C#N)c1=O. The molecule has 0 fully saturated rings. The molecule has 0 atom stereocenters. The Labute approximate surface area is 115 Å². The maximum atomic E-state index is 11.9. The van der Waals surface area contributed by atoms with E-state index in [9.17, 15) is 4.79 Å². The number of hydrogen-bond donors (Lipinski definition) is 1. The lowest BCUT2D eigenvalue weighted by molar-refractivity contribution is 0.854. The Bertz CT molecular complexity index is 699. The molecule has 0 bridgehead atoms. The summed E-state index contributed by atoms with van der Waals surface area (Å²) in [7, 11) is 1.63. The minimum Gasteiger partial charge on any atom is -0.310 e. The Kier molecular flexibility index (Phi) is 3.46. The van der Waals surface area contributed by atoms with E-state index in [0.717, 1.165) is 5.56 Å². The summed E-state index contributed by atoms with van der Waals surface area (Å²) in [5, 5.41) is 9.52. The molecule has 5 heteroatoms. The molecule has 0 aliphatic carbocycles. The number of halogens is 1. The topological polar surface area (TPSA) is 45.8 Å². The molecule has 0 saturated carbocycles. The fourth-order valence-corrected chi connectivity index (χ4v) is 2.08. The number of thiol groups is 1. The lowest BCUT2D eigenvalue weighted by atomic mass is 10.1. The molecule has 1 aromatic heterocycles. The van der Waals surface area contributed by atoms with Gasteiger partial charge in [0.05, 0.1) is 5.69 Å². The average Bonchev–Trinajstić information content (AvgIpc) is 2.36. The van der Waals surface area contributed by atoms with E-state index in [0.29, 0.717) is 15.6 Å². The Morgan fingerprint density at radius 3 is 2.50 bits per heavy atom. The van der Waals surface area contributed by atoms with Gasteiger partial charge in [0.15, 0.2) is 0 Å². The Morgan fingerprint density at radius 2 is 1.94 bits per heavy atom. The van der Waals surface area contributed by atoms with Crippen molar-refractivity contribution in [2.24, 2.45) is 7.05 Å². The van der Waals surface area contributed by atoms with Crippen molar-refractivity contribution in [1.29, 1.82) is 5.26 Å². The molecule has 0 aliphatic heterocycles. The maximum absolute atomic E-state index is 11.9. The fourth-order valence-electron chi connectivity index (χ4n) is 1.69. The minimum atomic E-state index is -0.352. The van der Waals surface area contributed by atoms with E-state index in [1.54, 1.807) is 25.2 Å². The van der Waals surface area contributed by atoms with Crippen molar-refractivity contribution in [3.63, 3.8) is 0 Å². The lowest BCUT2D eigenvalue weighted by Crippen LogP contribution is -2.21. The van der Waals surface area contributed by atoms with Gasteiger partial charge in [-0.15, -0.1) is 12.6 Å². The predicted molar refractivity (Wildman–Crippen MR) is 74.1 cm³/mol. The smallest absolute Gasteiger partial charge is 0.269 e. The van der Waals surface area contributed by atoms with Crippen LogP contribution in [0, 0.1) is 11.3 Å². The molecule has 1 heterocycles. The van der Waals surface area contributed by atoms with E-state index < -0.39 is 0 Å². The van der Waals surface area contributed by atoms with Gasteiger partial charge in [-0.3, -0.25) is 4.79 Å². The van der Waals surface area contributed by atoms with Gasteiger partial charge in [0, 0.05) is 17.0 Å². The van der Waals surface area contributed by atoms with Crippen LogP contribution in [-0.4, -0.2) is 4.57 Å². The standard InChI is InChI=1S/C13H9ClN2OS/c1-16-11(8-2-4-9(14)5-3-8)6-12(18)10(7-15)13(16)17/h2-6,18H,1H3. The van der Waals surface area contributed by atoms with Crippen LogP contribution in [0.25, 0.3) is 11.3 Å². The van der Waals surface area contributed by atoms with Gasteiger partial charge in [-0.05, 0) is 23.8 Å². The number of nitriles is 1. The summed E-state index contributed by atoms with van der Waals surface area (Å²) in [6, 6.07) is 10.7. The third kappa shape index (κ3) is 2.15. The summed E-state index contributed by atoms with van der Waals surface area (Å²) >= 11 is 10.00. The zero-order valence-corrected chi connectivity index (χ0v) is 11.2. The first-order valence-corrected chi connectivity index (χ1v) is 5.96. The van der Waals surface area contributed by atoms with Crippen LogP contribution in [0.15, 0.2) is 40.0 Å². The Balaban J connectivity index is 2.71. The van der Waals surface area contributed by atoms with Gasteiger partial charge in [-0.1, -0.05) is 23.7 Å². The lowest BCUT2D eigenvalue weighted by Gasteiger charge is -2.10. The van der Waals surface area contributed by atoms with E-state index in [1.165, 1.54) is 4.57 Å². The number of rotatable bonds is 1. The highest BCUT2D eigenvalue weighted by molar-refractivity contribution is 7.80. The number of hydrogen-bond acceptors (Lipinski definition) is 3. The van der Waals surface area contributed by atoms with Crippen molar-refractivity contribution in [1.82, 2.24) is 4.57 Å². The number of pyridine rings is 1. The van der Waals surface area contributed by atoms with Gasteiger partial charge >= 0.3 is 0 Å². The van der Waals surface area contributed by atoms with Crippen LogP contribution in [0.4, 0.5) is 0 Å². The number of aromatic nitrogens is 1. The molecule has 0 aliphatic rings. The van der Waals surface area contributed by atoms with Gasteiger partial charge in [0.25, 0.3) is 5.56 Å².